The molecule has 1 unspecified atom stereocenters. The Hall–Kier alpha value is -2.29. The van der Waals surface area contributed by atoms with Crippen molar-refractivity contribution in [3.8, 4) is 0 Å². The van der Waals surface area contributed by atoms with Crippen molar-refractivity contribution >= 4 is 11.7 Å². The normalized spacial score (nSPS) is 12.1. The Labute approximate surface area is 119 Å². The number of carbonyl (C=O) groups is 1. The molecular weight excluding hydrogens is 250 g/mol. The lowest BCUT2D eigenvalue weighted by Gasteiger charge is -2.20. The SMILES string of the molecule is CCCC(c1ccccc1)c1cccc(C(=O)O)c1N. The predicted molar refractivity (Wildman–Crippen MR) is 81.0 cm³/mol. The lowest BCUT2D eigenvalue weighted by atomic mass is 9.85. The summed E-state index contributed by atoms with van der Waals surface area (Å²) >= 11 is 0. The summed E-state index contributed by atoms with van der Waals surface area (Å²) in [4.78, 5) is 11.2. The van der Waals surface area contributed by atoms with E-state index in [2.05, 4.69) is 19.1 Å². The van der Waals surface area contributed by atoms with E-state index in [0.717, 1.165) is 18.4 Å². The Morgan fingerprint density at radius 1 is 1.15 bits per heavy atom. The van der Waals surface area contributed by atoms with E-state index in [1.807, 2.05) is 24.3 Å². The molecule has 0 bridgehead atoms. The molecule has 3 nitrogen and oxygen atoms in total. The van der Waals surface area contributed by atoms with Crippen LogP contribution in [0.25, 0.3) is 0 Å². The zero-order valence-electron chi connectivity index (χ0n) is 11.5. The highest BCUT2D eigenvalue weighted by Crippen LogP contribution is 2.34. The van der Waals surface area contributed by atoms with Gasteiger partial charge in [0.1, 0.15) is 0 Å². The lowest BCUT2D eigenvalue weighted by molar-refractivity contribution is 0.0698. The number of benzene rings is 2. The molecule has 20 heavy (non-hydrogen) atoms. The van der Waals surface area contributed by atoms with Crippen LogP contribution in [0.4, 0.5) is 5.69 Å². The van der Waals surface area contributed by atoms with Gasteiger partial charge in [-0.25, -0.2) is 4.79 Å². The van der Waals surface area contributed by atoms with Gasteiger partial charge in [0.15, 0.2) is 0 Å². The molecule has 3 N–H and O–H groups in total. The van der Waals surface area contributed by atoms with Gasteiger partial charge < -0.3 is 10.8 Å². The Kier molecular flexibility index (Phi) is 4.41. The first-order valence-corrected chi connectivity index (χ1v) is 6.81. The van der Waals surface area contributed by atoms with Gasteiger partial charge in [-0.1, -0.05) is 55.8 Å². The van der Waals surface area contributed by atoms with Crippen molar-refractivity contribution in [1.29, 1.82) is 0 Å². The highest BCUT2D eigenvalue weighted by Gasteiger charge is 2.19. The monoisotopic (exact) mass is 269 g/mol. The predicted octanol–water partition coefficient (Wildman–Crippen LogP) is 3.90. The fourth-order valence-corrected chi connectivity index (χ4v) is 2.55. The average Bonchev–Trinajstić information content (AvgIpc) is 2.46. The molecule has 1 atom stereocenters. The largest absolute Gasteiger partial charge is 0.478 e. The fraction of sp³-hybridized carbons (Fsp3) is 0.235. The molecule has 0 amide bonds. The van der Waals surface area contributed by atoms with Crippen LogP contribution >= 0.6 is 0 Å². The third-order valence-electron chi connectivity index (χ3n) is 3.52. The van der Waals surface area contributed by atoms with Crippen molar-refractivity contribution in [2.24, 2.45) is 0 Å². The molecule has 104 valence electrons. The van der Waals surface area contributed by atoms with Gasteiger partial charge in [0.05, 0.1) is 5.56 Å². The summed E-state index contributed by atoms with van der Waals surface area (Å²) in [6.07, 6.45) is 1.95. The molecule has 0 heterocycles. The van der Waals surface area contributed by atoms with Gasteiger partial charge >= 0.3 is 5.97 Å². The zero-order valence-corrected chi connectivity index (χ0v) is 11.5. The van der Waals surface area contributed by atoms with Crippen LogP contribution in [0, 0.1) is 0 Å². The Morgan fingerprint density at radius 2 is 1.85 bits per heavy atom. The first kappa shape index (κ1) is 14.1. The maximum absolute atomic E-state index is 11.2. The first-order chi connectivity index (χ1) is 9.65. The molecular formula is C17H19NO2. The second kappa shape index (κ2) is 6.24. The number of anilines is 1. The van der Waals surface area contributed by atoms with Crippen molar-refractivity contribution in [2.75, 3.05) is 5.73 Å². The van der Waals surface area contributed by atoms with E-state index < -0.39 is 5.97 Å². The van der Waals surface area contributed by atoms with Gasteiger partial charge in [0.2, 0.25) is 0 Å². The summed E-state index contributed by atoms with van der Waals surface area (Å²) in [6.45, 7) is 2.12. The second-order valence-corrected chi connectivity index (χ2v) is 4.87. The van der Waals surface area contributed by atoms with Crippen LogP contribution in [0.3, 0.4) is 0 Å². The van der Waals surface area contributed by atoms with Crippen LogP contribution in [0.2, 0.25) is 0 Å². The number of aromatic carboxylic acids is 1. The van der Waals surface area contributed by atoms with E-state index in [4.69, 9.17) is 5.73 Å². The maximum atomic E-state index is 11.2. The van der Waals surface area contributed by atoms with E-state index >= 15 is 0 Å². The number of para-hydroxylation sites is 1. The number of carboxylic acid groups (broad SMARTS) is 1. The smallest absolute Gasteiger partial charge is 0.337 e. The van der Waals surface area contributed by atoms with Crippen molar-refractivity contribution < 1.29 is 9.90 Å². The van der Waals surface area contributed by atoms with Gasteiger partial charge in [-0.2, -0.15) is 0 Å². The van der Waals surface area contributed by atoms with E-state index in [-0.39, 0.29) is 11.5 Å². The van der Waals surface area contributed by atoms with E-state index in [1.165, 1.54) is 5.56 Å². The molecule has 0 fully saturated rings. The Morgan fingerprint density at radius 3 is 2.45 bits per heavy atom. The molecule has 0 spiro atoms. The molecule has 2 rings (SSSR count). The summed E-state index contributed by atoms with van der Waals surface area (Å²) in [5.41, 5.74) is 8.70. The molecule has 0 aliphatic rings. The Bertz CT molecular complexity index is 593. The summed E-state index contributed by atoms with van der Waals surface area (Å²) in [7, 11) is 0. The van der Waals surface area contributed by atoms with Crippen LogP contribution in [-0.4, -0.2) is 11.1 Å². The number of rotatable bonds is 5. The minimum Gasteiger partial charge on any atom is -0.478 e. The lowest BCUT2D eigenvalue weighted by Crippen LogP contribution is -2.09. The number of carboxylic acids is 1. The molecule has 0 aromatic heterocycles. The Balaban J connectivity index is 2.50. The van der Waals surface area contributed by atoms with Crippen LogP contribution in [0.15, 0.2) is 48.5 Å². The number of hydrogen-bond donors (Lipinski definition) is 2. The molecule has 2 aromatic rings. The third-order valence-corrected chi connectivity index (χ3v) is 3.52. The highest BCUT2D eigenvalue weighted by molar-refractivity contribution is 5.94. The number of hydrogen-bond acceptors (Lipinski definition) is 2. The number of nitrogen functional groups attached to an aromatic ring is 1. The molecule has 0 saturated heterocycles. The topological polar surface area (TPSA) is 63.3 Å². The van der Waals surface area contributed by atoms with Gasteiger partial charge in [-0.15, -0.1) is 0 Å². The van der Waals surface area contributed by atoms with E-state index in [1.54, 1.807) is 12.1 Å². The summed E-state index contributed by atoms with van der Waals surface area (Å²) < 4.78 is 0. The van der Waals surface area contributed by atoms with Crippen molar-refractivity contribution in [3.05, 3.63) is 65.2 Å². The van der Waals surface area contributed by atoms with Crippen LogP contribution < -0.4 is 5.73 Å². The van der Waals surface area contributed by atoms with Crippen LogP contribution in [0.1, 0.15) is 47.2 Å². The standard InChI is InChI=1S/C17H19NO2/c1-2-7-13(12-8-4-3-5-9-12)14-10-6-11-15(16(14)18)17(19)20/h3-6,8-11,13H,2,7,18H2,1H3,(H,19,20). The maximum Gasteiger partial charge on any atom is 0.337 e. The minimum absolute atomic E-state index is 0.139. The van der Waals surface area contributed by atoms with Gasteiger partial charge in [-0.05, 0) is 23.6 Å². The third kappa shape index (κ3) is 2.82. The minimum atomic E-state index is -0.979. The highest BCUT2D eigenvalue weighted by atomic mass is 16.4. The molecule has 2 aromatic carbocycles. The van der Waals surface area contributed by atoms with Crippen LogP contribution in [-0.2, 0) is 0 Å². The second-order valence-electron chi connectivity index (χ2n) is 4.87. The summed E-state index contributed by atoms with van der Waals surface area (Å²) in [5.74, 6) is -0.840. The van der Waals surface area contributed by atoms with Crippen LogP contribution in [0.5, 0.6) is 0 Å². The van der Waals surface area contributed by atoms with Gasteiger partial charge in [0, 0.05) is 11.6 Å². The van der Waals surface area contributed by atoms with Crippen molar-refractivity contribution in [2.45, 2.75) is 25.7 Å². The fourth-order valence-electron chi connectivity index (χ4n) is 2.55. The molecule has 0 aliphatic heterocycles. The molecule has 0 saturated carbocycles. The van der Waals surface area contributed by atoms with Gasteiger partial charge in [-0.3, -0.25) is 0 Å². The van der Waals surface area contributed by atoms with E-state index in [0.29, 0.717) is 5.69 Å². The van der Waals surface area contributed by atoms with Crippen molar-refractivity contribution in [3.63, 3.8) is 0 Å². The zero-order chi connectivity index (χ0) is 14.5. The molecule has 0 aliphatic carbocycles. The average molecular weight is 269 g/mol. The first-order valence-electron chi connectivity index (χ1n) is 6.81. The van der Waals surface area contributed by atoms with Gasteiger partial charge in [0.25, 0.3) is 0 Å². The van der Waals surface area contributed by atoms with E-state index in [9.17, 15) is 9.90 Å². The quantitative estimate of drug-likeness (QED) is 0.809. The van der Waals surface area contributed by atoms with Crippen molar-refractivity contribution in [1.82, 2.24) is 0 Å². The molecule has 3 heteroatoms. The summed E-state index contributed by atoms with van der Waals surface area (Å²) in [6, 6.07) is 15.3. The number of nitrogens with two attached hydrogens (primary N) is 1. The molecule has 0 radical (unpaired) electrons. The summed E-state index contributed by atoms with van der Waals surface area (Å²) in [5, 5.41) is 9.19.